The Morgan fingerprint density at radius 1 is 1.29 bits per heavy atom. The van der Waals surface area contributed by atoms with Crippen molar-refractivity contribution in [3.05, 3.63) is 45.5 Å². The SMILES string of the molecule is COC(=O)c1cc(CN(C)CC(=O)N(C)Cc2cccs2)oc1C. The summed E-state index contributed by atoms with van der Waals surface area (Å²) in [5.41, 5.74) is 0.419. The van der Waals surface area contributed by atoms with E-state index in [9.17, 15) is 9.59 Å². The predicted octanol–water partition coefficient (Wildman–Crippen LogP) is 2.53. The third-order valence-electron chi connectivity index (χ3n) is 3.60. The average molecular weight is 350 g/mol. The molecule has 0 unspecified atom stereocenters. The van der Waals surface area contributed by atoms with Crippen molar-refractivity contribution in [3.63, 3.8) is 0 Å². The predicted molar refractivity (Wildman–Crippen MR) is 91.9 cm³/mol. The number of thiophene rings is 1. The lowest BCUT2D eigenvalue weighted by Crippen LogP contribution is -2.35. The summed E-state index contributed by atoms with van der Waals surface area (Å²) in [7, 11) is 4.97. The van der Waals surface area contributed by atoms with Crippen molar-refractivity contribution >= 4 is 23.2 Å². The Morgan fingerprint density at radius 3 is 2.67 bits per heavy atom. The Labute approximate surface area is 145 Å². The second kappa shape index (κ2) is 8.12. The third-order valence-corrected chi connectivity index (χ3v) is 4.47. The summed E-state index contributed by atoms with van der Waals surface area (Å²) in [6, 6.07) is 5.65. The van der Waals surface area contributed by atoms with Gasteiger partial charge in [-0.1, -0.05) is 6.07 Å². The second-order valence-electron chi connectivity index (χ2n) is 5.68. The van der Waals surface area contributed by atoms with E-state index in [4.69, 9.17) is 9.15 Å². The van der Waals surface area contributed by atoms with Crippen LogP contribution in [0, 0.1) is 6.92 Å². The van der Waals surface area contributed by atoms with Gasteiger partial charge in [-0.3, -0.25) is 9.69 Å². The van der Waals surface area contributed by atoms with Crippen molar-refractivity contribution in [3.8, 4) is 0 Å². The molecule has 2 rings (SSSR count). The van der Waals surface area contributed by atoms with Gasteiger partial charge >= 0.3 is 5.97 Å². The number of hydrogen-bond donors (Lipinski definition) is 0. The minimum atomic E-state index is -0.420. The lowest BCUT2D eigenvalue weighted by molar-refractivity contribution is -0.131. The van der Waals surface area contributed by atoms with Gasteiger partial charge in [-0.15, -0.1) is 11.3 Å². The van der Waals surface area contributed by atoms with E-state index in [1.165, 1.54) is 7.11 Å². The van der Waals surface area contributed by atoms with Crippen LogP contribution in [0.2, 0.25) is 0 Å². The topological polar surface area (TPSA) is 63.0 Å². The number of amides is 1. The molecule has 0 aliphatic rings. The number of carbonyl (C=O) groups is 2. The minimum absolute atomic E-state index is 0.0300. The van der Waals surface area contributed by atoms with E-state index >= 15 is 0 Å². The van der Waals surface area contributed by atoms with Crippen LogP contribution < -0.4 is 0 Å². The zero-order valence-electron chi connectivity index (χ0n) is 14.4. The molecule has 24 heavy (non-hydrogen) atoms. The first-order chi connectivity index (χ1) is 11.4. The molecule has 130 valence electrons. The van der Waals surface area contributed by atoms with E-state index in [1.807, 2.05) is 29.5 Å². The Morgan fingerprint density at radius 2 is 2.04 bits per heavy atom. The maximum absolute atomic E-state index is 12.3. The van der Waals surface area contributed by atoms with Gasteiger partial charge in [-0.25, -0.2) is 4.79 Å². The average Bonchev–Trinajstić information content (AvgIpc) is 3.16. The number of aryl methyl sites for hydroxylation is 1. The summed E-state index contributed by atoms with van der Waals surface area (Å²) in [4.78, 5) is 28.6. The van der Waals surface area contributed by atoms with Crippen LogP contribution in [0.25, 0.3) is 0 Å². The third kappa shape index (κ3) is 4.69. The van der Waals surface area contributed by atoms with Gasteiger partial charge < -0.3 is 14.1 Å². The summed E-state index contributed by atoms with van der Waals surface area (Å²) in [6.45, 7) is 3.04. The molecule has 2 heterocycles. The van der Waals surface area contributed by atoms with Crippen LogP contribution in [0.3, 0.4) is 0 Å². The van der Waals surface area contributed by atoms with E-state index in [1.54, 1.807) is 36.3 Å². The van der Waals surface area contributed by atoms with Crippen LogP contribution in [0.5, 0.6) is 0 Å². The van der Waals surface area contributed by atoms with Gasteiger partial charge in [-0.05, 0) is 31.5 Å². The summed E-state index contributed by atoms with van der Waals surface area (Å²) in [6.07, 6.45) is 0. The number of furan rings is 1. The van der Waals surface area contributed by atoms with Gasteiger partial charge in [0.1, 0.15) is 17.1 Å². The molecular formula is C17H22N2O4S. The zero-order chi connectivity index (χ0) is 17.7. The molecule has 0 aliphatic carbocycles. The van der Waals surface area contributed by atoms with Gasteiger partial charge in [0.25, 0.3) is 0 Å². The van der Waals surface area contributed by atoms with E-state index in [0.717, 1.165) is 4.88 Å². The molecule has 0 aromatic carbocycles. The maximum Gasteiger partial charge on any atom is 0.341 e. The van der Waals surface area contributed by atoms with Gasteiger partial charge in [0, 0.05) is 11.9 Å². The van der Waals surface area contributed by atoms with E-state index in [0.29, 0.717) is 30.2 Å². The van der Waals surface area contributed by atoms with Crippen LogP contribution in [0.1, 0.15) is 26.8 Å². The fourth-order valence-corrected chi connectivity index (χ4v) is 3.09. The minimum Gasteiger partial charge on any atom is -0.465 e. The number of nitrogens with zero attached hydrogens (tertiary/aromatic N) is 2. The zero-order valence-corrected chi connectivity index (χ0v) is 15.2. The number of likely N-dealkylation sites (N-methyl/N-ethyl adjacent to an activating group) is 2. The van der Waals surface area contributed by atoms with Crippen molar-refractivity contribution in [2.24, 2.45) is 0 Å². The van der Waals surface area contributed by atoms with Gasteiger partial charge in [0.2, 0.25) is 5.91 Å². The standard InChI is InChI=1S/C17H22N2O4S/c1-12-15(17(21)22-4)8-13(23-12)9-18(2)11-16(20)19(3)10-14-6-5-7-24-14/h5-8H,9-11H2,1-4H3. The first-order valence-electron chi connectivity index (χ1n) is 7.53. The van der Waals surface area contributed by atoms with E-state index < -0.39 is 5.97 Å². The number of methoxy groups -OCH3 is 1. The Kier molecular flexibility index (Phi) is 6.16. The molecule has 0 bridgehead atoms. The molecular weight excluding hydrogens is 328 g/mol. The summed E-state index contributed by atoms with van der Waals surface area (Å²) < 4.78 is 10.3. The number of esters is 1. The number of carbonyl (C=O) groups excluding carboxylic acids is 2. The van der Waals surface area contributed by atoms with Gasteiger partial charge in [0.15, 0.2) is 0 Å². The van der Waals surface area contributed by atoms with Crippen molar-refractivity contribution in [2.75, 3.05) is 27.7 Å². The molecule has 0 aliphatic heterocycles. The van der Waals surface area contributed by atoms with Crippen molar-refractivity contribution < 1.29 is 18.7 Å². The molecule has 2 aromatic rings. The molecule has 2 aromatic heterocycles. The van der Waals surface area contributed by atoms with Crippen LogP contribution in [-0.2, 0) is 22.6 Å². The number of hydrogen-bond acceptors (Lipinski definition) is 6. The highest BCUT2D eigenvalue weighted by molar-refractivity contribution is 7.09. The summed E-state index contributed by atoms with van der Waals surface area (Å²) >= 11 is 1.63. The Hall–Kier alpha value is -2.12. The molecule has 6 nitrogen and oxygen atoms in total. The maximum atomic E-state index is 12.3. The Bertz CT molecular complexity index is 694. The fraction of sp³-hybridized carbons (Fsp3) is 0.412. The van der Waals surface area contributed by atoms with Crippen molar-refractivity contribution in [1.82, 2.24) is 9.80 Å². The highest BCUT2D eigenvalue weighted by Gasteiger charge is 2.18. The number of rotatable bonds is 7. The Balaban J connectivity index is 1.89. The molecule has 0 atom stereocenters. The smallest absolute Gasteiger partial charge is 0.341 e. The van der Waals surface area contributed by atoms with Gasteiger partial charge in [0.05, 0.1) is 26.7 Å². The van der Waals surface area contributed by atoms with Crippen LogP contribution in [0.15, 0.2) is 28.0 Å². The van der Waals surface area contributed by atoms with E-state index in [-0.39, 0.29) is 12.5 Å². The second-order valence-corrected chi connectivity index (χ2v) is 6.71. The summed E-state index contributed by atoms with van der Waals surface area (Å²) in [5.74, 6) is 0.759. The van der Waals surface area contributed by atoms with Gasteiger partial charge in [-0.2, -0.15) is 0 Å². The lowest BCUT2D eigenvalue weighted by atomic mass is 10.2. The van der Waals surface area contributed by atoms with Crippen molar-refractivity contribution in [2.45, 2.75) is 20.0 Å². The monoisotopic (exact) mass is 350 g/mol. The molecule has 7 heteroatoms. The fourth-order valence-electron chi connectivity index (χ4n) is 2.33. The molecule has 0 radical (unpaired) electrons. The molecule has 0 N–H and O–H groups in total. The molecule has 0 fully saturated rings. The lowest BCUT2D eigenvalue weighted by Gasteiger charge is -2.20. The van der Waals surface area contributed by atoms with Crippen LogP contribution in [-0.4, -0.2) is 49.4 Å². The molecule has 1 amide bonds. The van der Waals surface area contributed by atoms with Crippen molar-refractivity contribution in [1.29, 1.82) is 0 Å². The molecule has 0 saturated carbocycles. The normalized spacial score (nSPS) is 10.9. The molecule has 0 spiro atoms. The van der Waals surface area contributed by atoms with Crippen LogP contribution >= 0.6 is 11.3 Å². The number of ether oxygens (including phenoxy) is 1. The highest BCUT2D eigenvalue weighted by atomic mass is 32.1. The highest BCUT2D eigenvalue weighted by Crippen LogP contribution is 2.17. The first kappa shape index (κ1) is 18.2. The van der Waals surface area contributed by atoms with E-state index in [2.05, 4.69) is 0 Å². The quantitative estimate of drug-likeness (QED) is 0.718. The first-order valence-corrected chi connectivity index (χ1v) is 8.41. The largest absolute Gasteiger partial charge is 0.465 e. The van der Waals surface area contributed by atoms with Crippen LogP contribution in [0.4, 0.5) is 0 Å². The molecule has 0 saturated heterocycles. The summed E-state index contributed by atoms with van der Waals surface area (Å²) in [5, 5.41) is 2.00.